The number of aromatic nitrogens is 2. The second-order valence-corrected chi connectivity index (χ2v) is 3.32. The van der Waals surface area contributed by atoms with E-state index in [1.165, 1.54) is 0 Å². The number of nitrogen functional groups attached to an aromatic ring is 1. The molecule has 3 N–H and O–H groups in total. The smallest absolute Gasteiger partial charge is 0.367 e. The lowest BCUT2D eigenvalue weighted by molar-refractivity contribution is 0.466. The number of rotatable bonds is 1. The van der Waals surface area contributed by atoms with Crippen LogP contribution >= 0.6 is 0 Å². The van der Waals surface area contributed by atoms with E-state index in [1.807, 2.05) is 0 Å². The highest BCUT2D eigenvalue weighted by Crippen LogP contribution is 2.01. The van der Waals surface area contributed by atoms with Crippen molar-refractivity contribution in [2.45, 2.75) is 0 Å². The van der Waals surface area contributed by atoms with Crippen molar-refractivity contribution < 1.29 is 17.4 Å². The van der Waals surface area contributed by atoms with E-state index in [0.29, 0.717) is 0 Å². The van der Waals surface area contributed by atoms with Crippen LogP contribution in [0.4, 0.5) is 10.2 Å². The zero-order valence-electron chi connectivity index (χ0n) is 6.01. The van der Waals surface area contributed by atoms with E-state index in [-0.39, 0.29) is 10.2 Å². The second kappa shape index (κ2) is 2.78. The van der Waals surface area contributed by atoms with Gasteiger partial charge in [-0.25, -0.2) is 9.18 Å². The fraction of sp³-hybridized carbons (Fsp3) is 0. The van der Waals surface area contributed by atoms with Crippen molar-refractivity contribution in [1.82, 2.24) is 8.96 Å². The quantitative estimate of drug-likeness (QED) is 0.550. The molecule has 0 fully saturated rings. The Morgan fingerprint density at radius 2 is 2.15 bits per heavy atom. The van der Waals surface area contributed by atoms with Gasteiger partial charge >= 0.3 is 16.0 Å². The maximum atomic E-state index is 12.6. The van der Waals surface area contributed by atoms with Crippen molar-refractivity contribution >= 4 is 16.1 Å². The molecule has 13 heavy (non-hydrogen) atoms. The molecular formula is C4H4FN3O4S. The average molecular weight is 209 g/mol. The summed E-state index contributed by atoms with van der Waals surface area (Å²) in [7, 11) is -4.83. The molecule has 0 aliphatic carbocycles. The van der Waals surface area contributed by atoms with Crippen LogP contribution in [0.25, 0.3) is 0 Å². The van der Waals surface area contributed by atoms with Crippen LogP contribution in [0, 0.1) is 5.82 Å². The van der Waals surface area contributed by atoms with Crippen molar-refractivity contribution in [2.24, 2.45) is 0 Å². The summed E-state index contributed by atoms with van der Waals surface area (Å²) in [5, 5.41) is 0. The largest absolute Gasteiger partial charge is 0.381 e. The molecule has 0 atom stereocenters. The minimum absolute atomic E-state index is 0.236. The third-order valence-corrected chi connectivity index (χ3v) is 1.89. The van der Waals surface area contributed by atoms with Crippen LogP contribution in [0.15, 0.2) is 11.0 Å². The zero-order valence-corrected chi connectivity index (χ0v) is 6.82. The van der Waals surface area contributed by atoms with Gasteiger partial charge in [0.05, 0.1) is 6.20 Å². The molecule has 7 nitrogen and oxygen atoms in total. The van der Waals surface area contributed by atoms with Gasteiger partial charge in [0.1, 0.15) is 0 Å². The number of hydrogen-bond donors (Lipinski definition) is 2. The second-order valence-electron chi connectivity index (χ2n) is 2.03. The molecule has 9 heteroatoms. The first kappa shape index (κ1) is 9.61. The van der Waals surface area contributed by atoms with Crippen molar-refractivity contribution in [3.05, 3.63) is 22.5 Å². The maximum absolute atomic E-state index is 12.6. The van der Waals surface area contributed by atoms with Crippen molar-refractivity contribution in [1.29, 1.82) is 0 Å². The molecule has 0 radical (unpaired) electrons. The highest BCUT2D eigenvalue weighted by Gasteiger charge is 2.14. The van der Waals surface area contributed by atoms with Crippen LogP contribution in [0.1, 0.15) is 0 Å². The van der Waals surface area contributed by atoms with Gasteiger partial charge in [0.25, 0.3) is 0 Å². The third kappa shape index (κ3) is 1.81. The third-order valence-electron chi connectivity index (χ3n) is 1.13. The number of nitrogens with zero attached hydrogens (tertiary/aromatic N) is 2. The first-order chi connectivity index (χ1) is 5.82. The number of anilines is 1. The van der Waals surface area contributed by atoms with Crippen LogP contribution in [0.3, 0.4) is 0 Å². The molecule has 1 heterocycles. The Morgan fingerprint density at radius 3 is 2.62 bits per heavy atom. The Hall–Kier alpha value is -1.48. The van der Waals surface area contributed by atoms with E-state index in [9.17, 15) is 17.6 Å². The fourth-order valence-corrected chi connectivity index (χ4v) is 1.06. The molecule has 0 aliphatic rings. The van der Waals surface area contributed by atoms with Gasteiger partial charge in [-0.1, -0.05) is 0 Å². The Balaban J connectivity index is 3.60. The fourth-order valence-electron chi connectivity index (χ4n) is 0.595. The molecule has 0 bridgehead atoms. The van der Waals surface area contributed by atoms with Crippen molar-refractivity contribution in [2.75, 3.05) is 5.73 Å². The van der Waals surface area contributed by atoms with E-state index < -0.39 is 27.6 Å². The standard InChI is InChI=1S/C4H4FN3O4S/c5-2-1-8(13(10,11)12)4(9)7-3(2)6/h1H,(H2,6,7,9)(H,10,11,12). The molecule has 1 aromatic rings. The number of halogens is 1. The van der Waals surface area contributed by atoms with Crippen LogP contribution in [-0.4, -0.2) is 21.9 Å². The molecule has 0 spiro atoms. The molecular weight excluding hydrogens is 205 g/mol. The molecule has 0 aromatic carbocycles. The average Bonchev–Trinajstić information content (AvgIpc) is 1.94. The van der Waals surface area contributed by atoms with Gasteiger partial charge < -0.3 is 5.73 Å². The normalized spacial score (nSPS) is 11.5. The van der Waals surface area contributed by atoms with E-state index >= 15 is 0 Å². The van der Waals surface area contributed by atoms with Gasteiger partial charge in [0, 0.05) is 0 Å². The summed E-state index contributed by atoms with van der Waals surface area (Å²) in [6, 6.07) is 0. The molecule has 0 unspecified atom stereocenters. The minimum atomic E-state index is -4.83. The van der Waals surface area contributed by atoms with Crippen LogP contribution in [-0.2, 0) is 10.3 Å². The van der Waals surface area contributed by atoms with E-state index in [2.05, 4.69) is 4.98 Å². The summed E-state index contributed by atoms with van der Waals surface area (Å²) in [6.45, 7) is 0. The summed E-state index contributed by atoms with van der Waals surface area (Å²) in [5.74, 6) is -1.94. The first-order valence-corrected chi connectivity index (χ1v) is 4.24. The minimum Gasteiger partial charge on any atom is -0.381 e. The maximum Gasteiger partial charge on any atom is 0.367 e. The van der Waals surface area contributed by atoms with Crippen molar-refractivity contribution in [3.63, 3.8) is 0 Å². The van der Waals surface area contributed by atoms with Crippen LogP contribution < -0.4 is 11.4 Å². The number of hydrogen-bond acceptors (Lipinski definition) is 5. The summed E-state index contributed by atoms with van der Waals surface area (Å²) >= 11 is 0. The summed E-state index contributed by atoms with van der Waals surface area (Å²) in [4.78, 5) is 13.5. The number of nitrogens with two attached hydrogens (primary N) is 1. The highest BCUT2D eigenvalue weighted by molar-refractivity contribution is 7.84. The monoisotopic (exact) mass is 209 g/mol. The lowest BCUT2D eigenvalue weighted by Gasteiger charge is -2.00. The van der Waals surface area contributed by atoms with Gasteiger partial charge in [0.15, 0.2) is 11.6 Å². The molecule has 72 valence electrons. The summed E-state index contributed by atoms with van der Waals surface area (Å²) in [5.41, 5.74) is 3.48. The zero-order chi connectivity index (χ0) is 10.2. The van der Waals surface area contributed by atoms with E-state index in [4.69, 9.17) is 10.3 Å². The molecule has 0 amide bonds. The predicted octanol–water partition coefficient (Wildman–Crippen LogP) is -1.38. The lowest BCUT2D eigenvalue weighted by atomic mass is 10.6. The summed E-state index contributed by atoms with van der Waals surface area (Å²) in [6.07, 6.45) is 0.236. The van der Waals surface area contributed by atoms with Crippen molar-refractivity contribution in [3.8, 4) is 0 Å². The predicted molar refractivity (Wildman–Crippen MR) is 39.8 cm³/mol. The molecule has 0 saturated carbocycles. The molecule has 1 rings (SSSR count). The molecule has 0 aliphatic heterocycles. The Kier molecular flexibility index (Phi) is 2.05. The summed E-state index contributed by atoms with van der Waals surface area (Å²) < 4.78 is 41.5. The van der Waals surface area contributed by atoms with Crippen LogP contribution in [0.5, 0.6) is 0 Å². The Bertz CT molecular complexity index is 493. The van der Waals surface area contributed by atoms with Crippen LogP contribution in [0.2, 0.25) is 0 Å². The van der Waals surface area contributed by atoms with E-state index in [1.54, 1.807) is 0 Å². The first-order valence-electron chi connectivity index (χ1n) is 2.85. The molecule has 1 aromatic heterocycles. The lowest BCUT2D eigenvalue weighted by Crippen LogP contribution is -2.29. The Morgan fingerprint density at radius 1 is 1.62 bits per heavy atom. The van der Waals surface area contributed by atoms with Gasteiger partial charge in [-0.3, -0.25) is 4.55 Å². The SMILES string of the molecule is Nc1nc(=O)n(S(=O)(=O)O)cc1F. The van der Waals surface area contributed by atoms with Gasteiger partial charge in [-0.15, -0.1) is 0 Å². The van der Waals surface area contributed by atoms with Gasteiger partial charge in [0.2, 0.25) is 0 Å². The Labute approximate surface area is 71.5 Å². The van der Waals surface area contributed by atoms with Gasteiger partial charge in [-0.2, -0.15) is 17.4 Å². The van der Waals surface area contributed by atoms with E-state index in [0.717, 1.165) is 0 Å². The topological polar surface area (TPSA) is 115 Å². The highest BCUT2D eigenvalue weighted by atomic mass is 32.2. The molecule has 0 saturated heterocycles. The van der Waals surface area contributed by atoms with Gasteiger partial charge in [-0.05, 0) is 0 Å².